The van der Waals surface area contributed by atoms with Crippen LogP contribution in [-0.2, 0) is 16.0 Å². The van der Waals surface area contributed by atoms with E-state index in [1.807, 2.05) is 32.9 Å². The van der Waals surface area contributed by atoms with E-state index in [9.17, 15) is 14.9 Å². The number of carbonyl (C=O) groups is 2. The number of fused-ring (bicyclic) bond motifs is 1. The second-order valence-corrected chi connectivity index (χ2v) is 10.9. The highest BCUT2D eigenvalue weighted by atomic mass is 16.6. The van der Waals surface area contributed by atoms with Crippen molar-refractivity contribution in [2.75, 3.05) is 20.3 Å². The standard InChI is InChI=1S/C28H32N4O5/c1-28(2,3)37-27(34)32-15-19(12-20(32)16-35-4)31-14-18-6-9-23(30-25(18)26(31)33)22-11-17(13-29)5-10-24(22)36-21-7-8-21/h5-6,9-11,19-21H,7-8,12,14-16H2,1-4H3/t19-,20+/m1/s1. The predicted octanol–water partition coefficient (Wildman–Crippen LogP) is 4.14. The molecule has 5 rings (SSSR count). The number of methoxy groups -OCH3 is 1. The van der Waals surface area contributed by atoms with Gasteiger partial charge in [-0.1, -0.05) is 6.07 Å². The zero-order chi connectivity index (χ0) is 26.3. The zero-order valence-corrected chi connectivity index (χ0v) is 21.7. The smallest absolute Gasteiger partial charge is 0.410 e. The van der Waals surface area contributed by atoms with Gasteiger partial charge in [-0.3, -0.25) is 4.79 Å². The number of ether oxygens (including phenoxy) is 3. The summed E-state index contributed by atoms with van der Waals surface area (Å²) >= 11 is 0. The molecule has 2 atom stereocenters. The van der Waals surface area contributed by atoms with Crippen molar-refractivity contribution in [2.24, 2.45) is 0 Å². The number of benzene rings is 1. The van der Waals surface area contributed by atoms with Gasteiger partial charge >= 0.3 is 6.09 Å². The van der Waals surface area contributed by atoms with E-state index >= 15 is 0 Å². The topological polar surface area (TPSA) is 105 Å². The van der Waals surface area contributed by atoms with Crippen LogP contribution in [-0.4, -0.2) is 70.8 Å². The minimum Gasteiger partial charge on any atom is -0.490 e. The number of carbonyl (C=O) groups excluding carboxylic acids is 2. The van der Waals surface area contributed by atoms with Crippen LogP contribution in [0.25, 0.3) is 11.3 Å². The fourth-order valence-corrected chi connectivity index (χ4v) is 4.92. The maximum absolute atomic E-state index is 13.5. The summed E-state index contributed by atoms with van der Waals surface area (Å²) in [5.41, 5.74) is 2.44. The summed E-state index contributed by atoms with van der Waals surface area (Å²) in [5, 5.41) is 9.41. The zero-order valence-electron chi connectivity index (χ0n) is 21.7. The summed E-state index contributed by atoms with van der Waals surface area (Å²) in [7, 11) is 1.60. The Morgan fingerprint density at radius 2 is 2.00 bits per heavy atom. The Labute approximate surface area is 216 Å². The van der Waals surface area contributed by atoms with Gasteiger partial charge < -0.3 is 24.0 Å². The minimum atomic E-state index is -0.613. The number of likely N-dealkylation sites (tertiary alicyclic amines) is 1. The van der Waals surface area contributed by atoms with Gasteiger partial charge in [-0.25, -0.2) is 9.78 Å². The molecule has 1 saturated carbocycles. The third kappa shape index (κ3) is 5.25. The van der Waals surface area contributed by atoms with E-state index in [2.05, 4.69) is 6.07 Å². The first kappa shape index (κ1) is 25.0. The van der Waals surface area contributed by atoms with Crippen LogP contribution in [0.5, 0.6) is 5.75 Å². The van der Waals surface area contributed by atoms with Crippen molar-refractivity contribution in [1.82, 2.24) is 14.8 Å². The molecule has 9 nitrogen and oxygen atoms in total. The largest absolute Gasteiger partial charge is 0.490 e. The lowest BCUT2D eigenvalue weighted by molar-refractivity contribution is 0.0140. The number of nitriles is 1. The lowest BCUT2D eigenvalue weighted by atomic mass is 10.1. The highest BCUT2D eigenvalue weighted by Gasteiger charge is 2.44. The van der Waals surface area contributed by atoms with Gasteiger partial charge in [-0.15, -0.1) is 0 Å². The van der Waals surface area contributed by atoms with E-state index in [1.54, 1.807) is 35.1 Å². The monoisotopic (exact) mass is 504 g/mol. The van der Waals surface area contributed by atoms with Gasteiger partial charge in [0.15, 0.2) is 0 Å². The van der Waals surface area contributed by atoms with E-state index in [-0.39, 0.29) is 24.1 Å². The molecule has 0 unspecified atom stereocenters. The SMILES string of the molecule is COC[C@@H]1C[C@@H](N2Cc3ccc(-c4cc(C#N)ccc4OC4CC4)nc3C2=O)CN1C(=O)OC(C)(C)C. The molecule has 37 heavy (non-hydrogen) atoms. The molecule has 1 saturated heterocycles. The van der Waals surface area contributed by atoms with Crippen molar-refractivity contribution in [2.45, 2.75) is 70.4 Å². The fourth-order valence-electron chi connectivity index (χ4n) is 4.92. The molecular formula is C28H32N4O5. The molecular weight excluding hydrogens is 472 g/mol. The molecule has 0 bridgehead atoms. The van der Waals surface area contributed by atoms with E-state index in [4.69, 9.17) is 19.2 Å². The van der Waals surface area contributed by atoms with E-state index in [0.29, 0.717) is 54.4 Å². The van der Waals surface area contributed by atoms with Gasteiger partial charge in [0.25, 0.3) is 5.91 Å². The second kappa shape index (κ2) is 9.67. The van der Waals surface area contributed by atoms with E-state index < -0.39 is 11.7 Å². The van der Waals surface area contributed by atoms with Crippen LogP contribution >= 0.6 is 0 Å². The van der Waals surface area contributed by atoms with Crippen molar-refractivity contribution >= 4 is 12.0 Å². The first-order valence-electron chi connectivity index (χ1n) is 12.7. The molecule has 2 fully saturated rings. The van der Waals surface area contributed by atoms with Crippen LogP contribution in [0, 0.1) is 11.3 Å². The van der Waals surface area contributed by atoms with Gasteiger partial charge in [0.2, 0.25) is 0 Å². The van der Waals surface area contributed by atoms with Crippen molar-refractivity contribution < 1.29 is 23.8 Å². The average Bonchev–Trinajstić information content (AvgIpc) is 3.48. The maximum atomic E-state index is 13.5. The predicted molar refractivity (Wildman–Crippen MR) is 135 cm³/mol. The number of nitrogens with zero attached hydrogens (tertiary/aromatic N) is 4. The Bertz CT molecular complexity index is 1260. The number of aromatic nitrogens is 1. The van der Waals surface area contributed by atoms with Crippen LogP contribution in [0.1, 0.15) is 61.6 Å². The lowest BCUT2D eigenvalue weighted by Gasteiger charge is -2.28. The van der Waals surface area contributed by atoms with Gasteiger partial charge in [-0.05, 0) is 64.3 Å². The van der Waals surface area contributed by atoms with Crippen molar-refractivity contribution in [3.63, 3.8) is 0 Å². The molecule has 2 aliphatic heterocycles. The molecule has 2 amide bonds. The quantitative estimate of drug-likeness (QED) is 0.582. The molecule has 1 aromatic carbocycles. The fraction of sp³-hybridized carbons (Fsp3) is 0.500. The minimum absolute atomic E-state index is 0.162. The van der Waals surface area contributed by atoms with Crippen LogP contribution < -0.4 is 4.74 Å². The van der Waals surface area contributed by atoms with E-state index in [0.717, 1.165) is 18.4 Å². The Balaban J connectivity index is 1.38. The molecule has 3 aliphatic rings. The molecule has 0 radical (unpaired) electrons. The highest BCUT2D eigenvalue weighted by molar-refractivity contribution is 5.97. The number of hydrogen-bond acceptors (Lipinski definition) is 7. The third-order valence-corrected chi connectivity index (χ3v) is 6.81. The summed E-state index contributed by atoms with van der Waals surface area (Å²) in [5.74, 6) is 0.507. The van der Waals surface area contributed by atoms with Gasteiger partial charge in [0.05, 0.1) is 42.1 Å². The summed E-state index contributed by atoms with van der Waals surface area (Å²) in [4.78, 5) is 34.6. The van der Waals surface area contributed by atoms with Crippen LogP contribution in [0.15, 0.2) is 30.3 Å². The Morgan fingerprint density at radius 1 is 1.22 bits per heavy atom. The summed E-state index contributed by atoms with van der Waals surface area (Å²) in [6, 6.07) is 10.9. The Hall–Kier alpha value is -3.64. The maximum Gasteiger partial charge on any atom is 0.410 e. The number of rotatable bonds is 6. The number of pyridine rings is 1. The second-order valence-electron chi connectivity index (χ2n) is 10.9. The van der Waals surface area contributed by atoms with Crippen LogP contribution in [0.2, 0.25) is 0 Å². The van der Waals surface area contributed by atoms with Crippen molar-refractivity contribution in [1.29, 1.82) is 5.26 Å². The molecule has 194 valence electrons. The van der Waals surface area contributed by atoms with Gasteiger partial charge in [-0.2, -0.15) is 5.26 Å². The summed E-state index contributed by atoms with van der Waals surface area (Å²) in [6.07, 6.45) is 2.41. The number of amides is 2. The third-order valence-electron chi connectivity index (χ3n) is 6.81. The van der Waals surface area contributed by atoms with Crippen LogP contribution in [0.4, 0.5) is 4.79 Å². The highest BCUT2D eigenvalue weighted by Crippen LogP contribution is 2.37. The van der Waals surface area contributed by atoms with Crippen molar-refractivity contribution in [3.8, 4) is 23.1 Å². The Morgan fingerprint density at radius 3 is 2.68 bits per heavy atom. The molecule has 1 aromatic heterocycles. The molecule has 0 spiro atoms. The molecule has 1 aliphatic carbocycles. The van der Waals surface area contributed by atoms with E-state index in [1.165, 1.54) is 0 Å². The van der Waals surface area contributed by atoms with Gasteiger partial charge in [0.1, 0.15) is 17.0 Å². The van der Waals surface area contributed by atoms with Gasteiger partial charge in [0, 0.05) is 31.3 Å². The molecule has 9 heteroatoms. The first-order valence-corrected chi connectivity index (χ1v) is 12.7. The van der Waals surface area contributed by atoms with Crippen LogP contribution in [0.3, 0.4) is 0 Å². The normalized spacial score (nSPS) is 21.1. The summed E-state index contributed by atoms with van der Waals surface area (Å²) in [6.45, 7) is 6.67. The first-order chi connectivity index (χ1) is 17.7. The molecule has 2 aromatic rings. The number of hydrogen-bond donors (Lipinski definition) is 0. The summed E-state index contributed by atoms with van der Waals surface area (Å²) < 4.78 is 17.0. The molecule has 0 N–H and O–H groups in total. The average molecular weight is 505 g/mol. The van der Waals surface area contributed by atoms with Crippen molar-refractivity contribution in [3.05, 3.63) is 47.2 Å². The molecule has 3 heterocycles. The lowest BCUT2D eigenvalue weighted by Crippen LogP contribution is -2.43. The Kier molecular flexibility index (Phi) is 6.54.